The van der Waals surface area contributed by atoms with Crippen LogP contribution >= 0.6 is 0 Å². The Bertz CT molecular complexity index is 421. The van der Waals surface area contributed by atoms with E-state index in [1.165, 1.54) is 37.9 Å². The van der Waals surface area contributed by atoms with Gasteiger partial charge in [0.1, 0.15) is 0 Å². The maximum atomic E-state index is 12.6. The number of rotatable bonds is 5. The fraction of sp³-hybridized carbons (Fsp3) is 0.588. The number of hydrogen-bond donors (Lipinski definition) is 1. The van der Waals surface area contributed by atoms with E-state index in [1.807, 2.05) is 31.2 Å². The molecule has 2 rings (SSSR count). The monoisotopic (exact) mass is 260 g/mol. The Hall–Kier alpha value is -1.15. The maximum absolute atomic E-state index is 12.6. The van der Waals surface area contributed by atoms with E-state index in [4.69, 9.17) is 0 Å². The number of carbonyl (C=O) groups is 1. The number of piperidine rings is 1. The van der Waals surface area contributed by atoms with Crippen LogP contribution in [0.5, 0.6) is 0 Å². The summed E-state index contributed by atoms with van der Waals surface area (Å²) in [5, 5.41) is 0. The Balaban J connectivity index is 2.02. The lowest BCUT2D eigenvalue weighted by Crippen LogP contribution is -3.13. The SMILES string of the molecule is CCC(C[NH+]1CCCCC1)C(=O)c1cccc(C)c1. The molecule has 2 heteroatoms. The van der Waals surface area contributed by atoms with E-state index in [-0.39, 0.29) is 5.92 Å². The molecule has 0 aromatic heterocycles. The molecule has 1 fully saturated rings. The average Bonchev–Trinajstić information content (AvgIpc) is 2.45. The highest BCUT2D eigenvalue weighted by Crippen LogP contribution is 2.13. The van der Waals surface area contributed by atoms with Crippen LogP contribution < -0.4 is 4.90 Å². The molecule has 0 aliphatic carbocycles. The summed E-state index contributed by atoms with van der Waals surface area (Å²) in [5.74, 6) is 0.527. The molecule has 0 radical (unpaired) electrons. The highest BCUT2D eigenvalue weighted by Gasteiger charge is 2.24. The van der Waals surface area contributed by atoms with Crippen LogP contribution in [0.4, 0.5) is 0 Å². The second-order valence-corrected chi connectivity index (χ2v) is 5.85. The number of benzene rings is 1. The summed E-state index contributed by atoms with van der Waals surface area (Å²) >= 11 is 0. The number of nitrogens with one attached hydrogen (secondary N) is 1. The highest BCUT2D eigenvalue weighted by atomic mass is 16.1. The van der Waals surface area contributed by atoms with E-state index in [1.54, 1.807) is 4.90 Å². The number of aryl methyl sites for hydroxylation is 1. The third-order valence-electron chi connectivity index (χ3n) is 4.26. The lowest BCUT2D eigenvalue weighted by molar-refractivity contribution is -0.907. The Morgan fingerprint density at radius 1 is 1.26 bits per heavy atom. The van der Waals surface area contributed by atoms with Crippen molar-refractivity contribution in [2.45, 2.75) is 39.5 Å². The number of Topliss-reactive ketones (excluding diaryl/α,β-unsaturated/α-hetero) is 1. The summed E-state index contributed by atoms with van der Waals surface area (Å²) in [6, 6.07) is 8.02. The van der Waals surface area contributed by atoms with E-state index in [2.05, 4.69) is 6.92 Å². The van der Waals surface area contributed by atoms with Crippen molar-refractivity contribution >= 4 is 5.78 Å². The van der Waals surface area contributed by atoms with Gasteiger partial charge in [-0.1, -0.05) is 30.7 Å². The predicted molar refractivity (Wildman–Crippen MR) is 78.7 cm³/mol. The second kappa shape index (κ2) is 6.85. The number of carbonyl (C=O) groups excluding carboxylic acids is 1. The van der Waals surface area contributed by atoms with Crippen molar-refractivity contribution in [3.05, 3.63) is 35.4 Å². The smallest absolute Gasteiger partial charge is 0.171 e. The topological polar surface area (TPSA) is 21.5 Å². The fourth-order valence-electron chi connectivity index (χ4n) is 3.06. The molecule has 2 nitrogen and oxygen atoms in total. The van der Waals surface area contributed by atoms with Gasteiger partial charge >= 0.3 is 0 Å². The summed E-state index contributed by atoms with van der Waals surface area (Å²) in [7, 11) is 0. The summed E-state index contributed by atoms with van der Waals surface area (Å²) in [6.45, 7) is 7.70. The molecule has 0 spiro atoms. The Morgan fingerprint density at radius 2 is 2.00 bits per heavy atom. The Morgan fingerprint density at radius 3 is 2.63 bits per heavy atom. The zero-order chi connectivity index (χ0) is 13.7. The van der Waals surface area contributed by atoms with Gasteiger partial charge < -0.3 is 4.90 Å². The van der Waals surface area contributed by atoms with Crippen LogP contribution in [-0.2, 0) is 0 Å². The zero-order valence-electron chi connectivity index (χ0n) is 12.2. The van der Waals surface area contributed by atoms with E-state index in [0.717, 1.165) is 18.5 Å². The van der Waals surface area contributed by atoms with Gasteiger partial charge in [-0.2, -0.15) is 0 Å². The van der Waals surface area contributed by atoms with Crippen molar-refractivity contribution in [3.63, 3.8) is 0 Å². The van der Waals surface area contributed by atoms with Crippen molar-refractivity contribution in [2.75, 3.05) is 19.6 Å². The summed E-state index contributed by atoms with van der Waals surface area (Å²) in [6.07, 6.45) is 4.97. The molecule has 1 heterocycles. The lowest BCUT2D eigenvalue weighted by Gasteiger charge is -2.26. The summed E-state index contributed by atoms with van der Waals surface area (Å²) < 4.78 is 0. The molecule has 0 saturated carbocycles. The highest BCUT2D eigenvalue weighted by molar-refractivity contribution is 5.98. The van der Waals surface area contributed by atoms with Gasteiger partial charge in [-0.15, -0.1) is 0 Å². The maximum Gasteiger partial charge on any atom is 0.171 e. The molecule has 19 heavy (non-hydrogen) atoms. The first-order valence-electron chi connectivity index (χ1n) is 7.65. The predicted octanol–water partition coefficient (Wildman–Crippen LogP) is 2.27. The van der Waals surface area contributed by atoms with E-state index < -0.39 is 0 Å². The molecule has 104 valence electrons. The van der Waals surface area contributed by atoms with Gasteiger partial charge in [0.05, 0.1) is 25.6 Å². The molecule has 1 N–H and O–H groups in total. The summed E-state index contributed by atoms with van der Waals surface area (Å²) in [5.41, 5.74) is 2.06. The van der Waals surface area contributed by atoms with Gasteiger partial charge in [-0.05, 0) is 38.7 Å². The molecular weight excluding hydrogens is 234 g/mol. The Kier molecular flexibility index (Phi) is 5.15. The normalized spacial score (nSPS) is 18.2. The third kappa shape index (κ3) is 3.90. The van der Waals surface area contributed by atoms with Crippen LogP contribution in [0.25, 0.3) is 0 Å². The molecule has 1 atom stereocenters. The molecule has 1 saturated heterocycles. The van der Waals surface area contributed by atoms with E-state index in [0.29, 0.717) is 5.78 Å². The first-order chi connectivity index (χ1) is 9.20. The Labute approximate surface area is 116 Å². The minimum Gasteiger partial charge on any atom is -0.334 e. The van der Waals surface area contributed by atoms with Crippen LogP contribution in [0, 0.1) is 12.8 Å². The van der Waals surface area contributed by atoms with E-state index >= 15 is 0 Å². The van der Waals surface area contributed by atoms with Gasteiger partial charge in [0.25, 0.3) is 0 Å². The quantitative estimate of drug-likeness (QED) is 0.806. The molecule has 1 aromatic rings. The fourth-order valence-corrected chi connectivity index (χ4v) is 3.06. The van der Waals surface area contributed by atoms with Gasteiger partial charge in [0, 0.05) is 5.56 Å². The second-order valence-electron chi connectivity index (χ2n) is 5.85. The number of ketones is 1. The van der Waals surface area contributed by atoms with E-state index in [9.17, 15) is 4.79 Å². The van der Waals surface area contributed by atoms with Crippen molar-refractivity contribution in [1.29, 1.82) is 0 Å². The van der Waals surface area contributed by atoms with Gasteiger partial charge in [-0.25, -0.2) is 0 Å². The molecule has 0 amide bonds. The first kappa shape index (κ1) is 14.3. The molecule has 1 unspecified atom stereocenters. The van der Waals surface area contributed by atoms with Gasteiger partial charge in [0.15, 0.2) is 5.78 Å². The standard InChI is InChI=1S/C17H25NO/c1-3-15(13-18-10-5-4-6-11-18)17(19)16-9-7-8-14(2)12-16/h7-9,12,15H,3-6,10-11,13H2,1-2H3/p+1. The first-order valence-corrected chi connectivity index (χ1v) is 7.65. The number of likely N-dealkylation sites (tertiary alicyclic amines) is 1. The molecule has 1 aliphatic rings. The van der Waals surface area contributed by atoms with Crippen molar-refractivity contribution in [2.24, 2.45) is 5.92 Å². The van der Waals surface area contributed by atoms with Crippen LogP contribution in [-0.4, -0.2) is 25.4 Å². The molecular formula is C17H26NO+. The van der Waals surface area contributed by atoms with Crippen LogP contribution in [0.1, 0.15) is 48.5 Å². The van der Waals surface area contributed by atoms with Crippen LogP contribution in [0.2, 0.25) is 0 Å². The third-order valence-corrected chi connectivity index (χ3v) is 4.26. The minimum atomic E-state index is 0.190. The summed E-state index contributed by atoms with van der Waals surface area (Å²) in [4.78, 5) is 14.2. The van der Waals surface area contributed by atoms with Crippen molar-refractivity contribution in [3.8, 4) is 0 Å². The zero-order valence-corrected chi connectivity index (χ0v) is 12.2. The molecule has 1 aromatic carbocycles. The van der Waals surface area contributed by atoms with Crippen LogP contribution in [0.15, 0.2) is 24.3 Å². The molecule has 0 bridgehead atoms. The number of quaternary nitrogens is 1. The van der Waals surface area contributed by atoms with Gasteiger partial charge in [-0.3, -0.25) is 4.79 Å². The number of hydrogen-bond acceptors (Lipinski definition) is 1. The minimum absolute atomic E-state index is 0.190. The van der Waals surface area contributed by atoms with Crippen LogP contribution in [0.3, 0.4) is 0 Å². The van der Waals surface area contributed by atoms with Crippen molar-refractivity contribution in [1.82, 2.24) is 0 Å². The van der Waals surface area contributed by atoms with Gasteiger partial charge in [0.2, 0.25) is 0 Å². The largest absolute Gasteiger partial charge is 0.334 e. The average molecular weight is 260 g/mol. The lowest BCUT2D eigenvalue weighted by atomic mass is 9.93. The molecule has 1 aliphatic heterocycles. The van der Waals surface area contributed by atoms with Crippen molar-refractivity contribution < 1.29 is 9.69 Å².